The quantitative estimate of drug-likeness (QED) is 0.547. The lowest BCUT2D eigenvalue weighted by Crippen LogP contribution is -2.46. The standard InChI is InChI=1S/C20H42N2/c1-10-12-18(19(21-9)15(5)6)22-20(16(7)11-2)17(8)13-14(3)4/h12,14-17,19-22H,10-11,13H2,1-9H3/b18-12+. The zero-order chi connectivity index (χ0) is 17.3. The first-order valence-electron chi connectivity index (χ1n) is 9.42. The summed E-state index contributed by atoms with van der Waals surface area (Å²) in [5.74, 6) is 2.74. The highest BCUT2D eigenvalue weighted by atomic mass is 15.0. The third kappa shape index (κ3) is 7.17. The lowest BCUT2D eigenvalue weighted by molar-refractivity contribution is 0.253. The lowest BCUT2D eigenvalue weighted by Gasteiger charge is -2.36. The molecule has 0 aromatic heterocycles. The van der Waals surface area contributed by atoms with Crippen LogP contribution in [0, 0.1) is 23.7 Å². The molecule has 0 rings (SSSR count). The fourth-order valence-electron chi connectivity index (χ4n) is 3.53. The molecule has 0 aliphatic carbocycles. The van der Waals surface area contributed by atoms with Crippen molar-refractivity contribution in [2.24, 2.45) is 23.7 Å². The first-order valence-corrected chi connectivity index (χ1v) is 9.42. The second-order valence-corrected chi connectivity index (χ2v) is 7.74. The van der Waals surface area contributed by atoms with Crippen molar-refractivity contribution in [1.29, 1.82) is 0 Å². The van der Waals surface area contributed by atoms with Crippen LogP contribution in [0.2, 0.25) is 0 Å². The Morgan fingerprint density at radius 3 is 1.91 bits per heavy atom. The summed E-state index contributed by atoms with van der Waals surface area (Å²) in [6.07, 6.45) is 5.97. The van der Waals surface area contributed by atoms with E-state index < -0.39 is 0 Å². The molecule has 2 heteroatoms. The lowest BCUT2D eigenvalue weighted by atomic mass is 9.83. The van der Waals surface area contributed by atoms with Gasteiger partial charge in [0.15, 0.2) is 0 Å². The van der Waals surface area contributed by atoms with E-state index in [2.05, 4.69) is 79.1 Å². The summed E-state index contributed by atoms with van der Waals surface area (Å²) in [5, 5.41) is 7.44. The predicted octanol–water partition coefficient (Wildman–Crippen LogP) is 5.21. The summed E-state index contributed by atoms with van der Waals surface area (Å²) in [6, 6.07) is 0.970. The van der Waals surface area contributed by atoms with Crippen molar-refractivity contribution in [2.75, 3.05) is 7.05 Å². The average Bonchev–Trinajstić information content (AvgIpc) is 2.43. The molecule has 0 aliphatic rings. The Labute approximate surface area is 140 Å². The van der Waals surface area contributed by atoms with E-state index in [1.807, 2.05) is 0 Å². The van der Waals surface area contributed by atoms with E-state index in [9.17, 15) is 0 Å². The van der Waals surface area contributed by atoms with Crippen LogP contribution in [-0.4, -0.2) is 19.1 Å². The topological polar surface area (TPSA) is 24.1 Å². The largest absolute Gasteiger partial charge is 0.384 e. The summed E-state index contributed by atoms with van der Waals surface area (Å²) >= 11 is 0. The number of hydrogen-bond donors (Lipinski definition) is 2. The van der Waals surface area contributed by atoms with E-state index in [-0.39, 0.29) is 0 Å². The number of nitrogens with one attached hydrogen (secondary N) is 2. The van der Waals surface area contributed by atoms with Gasteiger partial charge in [-0.25, -0.2) is 0 Å². The van der Waals surface area contributed by atoms with Gasteiger partial charge in [-0.3, -0.25) is 0 Å². The van der Waals surface area contributed by atoms with Crippen LogP contribution < -0.4 is 10.6 Å². The third-order valence-electron chi connectivity index (χ3n) is 4.78. The Balaban J connectivity index is 5.24. The third-order valence-corrected chi connectivity index (χ3v) is 4.78. The molecule has 2 N–H and O–H groups in total. The molecule has 0 amide bonds. The SMILES string of the molecule is CC/C=C(/NC(C(C)CC)C(C)CC(C)C)C(NC)C(C)C. The summed E-state index contributed by atoms with van der Waals surface area (Å²) in [5.41, 5.74) is 1.39. The minimum atomic E-state index is 0.415. The smallest absolute Gasteiger partial charge is 0.0487 e. The van der Waals surface area contributed by atoms with Crippen molar-refractivity contribution < 1.29 is 0 Å². The Hall–Kier alpha value is -0.500. The van der Waals surface area contributed by atoms with Crippen LogP contribution in [0.15, 0.2) is 11.8 Å². The Kier molecular flexibility index (Phi) is 10.8. The summed E-state index contributed by atoms with van der Waals surface area (Å²) in [7, 11) is 2.08. The highest BCUT2D eigenvalue weighted by Gasteiger charge is 2.26. The Bertz CT molecular complexity index is 307. The Morgan fingerprint density at radius 1 is 0.955 bits per heavy atom. The molecule has 0 radical (unpaired) electrons. The number of likely N-dealkylation sites (N-methyl/N-ethyl adjacent to an activating group) is 1. The minimum absolute atomic E-state index is 0.415. The molecule has 0 aromatic rings. The van der Waals surface area contributed by atoms with Crippen molar-refractivity contribution in [3.63, 3.8) is 0 Å². The van der Waals surface area contributed by atoms with Crippen LogP contribution in [0.25, 0.3) is 0 Å². The van der Waals surface area contributed by atoms with Gasteiger partial charge < -0.3 is 10.6 Å². The first-order chi connectivity index (χ1) is 10.3. The number of allylic oxidation sites excluding steroid dienone is 1. The van der Waals surface area contributed by atoms with E-state index in [4.69, 9.17) is 0 Å². The van der Waals surface area contributed by atoms with E-state index in [0.29, 0.717) is 29.8 Å². The van der Waals surface area contributed by atoms with Gasteiger partial charge in [-0.05, 0) is 43.6 Å². The average molecular weight is 311 g/mol. The van der Waals surface area contributed by atoms with Gasteiger partial charge in [-0.1, -0.05) is 67.9 Å². The second kappa shape index (κ2) is 11.1. The van der Waals surface area contributed by atoms with Gasteiger partial charge in [0, 0.05) is 17.8 Å². The van der Waals surface area contributed by atoms with Crippen LogP contribution in [0.5, 0.6) is 0 Å². The fraction of sp³-hybridized carbons (Fsp3) is 0.900. The van der Waals surface area contributed by atoms with Crippen LogP contribution >= 0.6 is 0 Å². The van der Waals surface area contributed by atoms with Gasteiger partial charge in [0.2, 0.25) is 0 Å². The van der Waals surface area contributed by atoms with Crippen molar-refractivity contribution in [1.82, 2.24) is 10.6 Å². The monoisotopic (exact) mass is 310 g/mol. The van der Waals surface area contributed by atoms with Gasteiger partial charge >= 0.3 is 0 Å². The maximum atomic E-state index is 3.94. The van der Waals surface area contributed by atoms with Gasteiger partial charge in [0.25, 0.3) is 0 Å². The highest BCUT2D eigenvalue weighted by Crippen LogP contribution is 2.24. The summed E-state index contributed by atoms with van der Waals surface area (Å²) in [6.45, 7) is 18.6. The molecule has 4 atom stereocenters. The molecule has 0 aliphatic heterocycles. The molecule has 0 spiro atoms. The molecule has 0 fully saturated rings. The van der Waals surface area contributed by atoms with E-state index in [1.165, 1.54) is 18.5 Å². The second-order valence-electron chi connectivity index (χ2n) is 7.74. The van der Waals surface area contributed by atoms with Gasteiger partial charge in [0.05, 0.1) is 0 Å². The Morgan fingerprint density at radius 2 is 1.55 bits per heavy atom. The molecule has 2 nitrogen and oxygen atoms in total. The molecule has 0 bridgehead atoms. The van der Waals surface area contributed by atoms with Gasteiger partial charge in [0.1, 0.15) is 0 Å². The highest BCUT2D eigenvalue weighted by molar-refractivity contribution is 5.11. The molecule has 0 aromatic carbocycles. The summed E-state index contributed by atoms with van der Waals surface area (Å²) < 4.78 is 0. The molecule has 0 saturated heterocycles. The molecule has 132 valence electrons. The maximum Gasteiger partial charge on any atom is 0.0487 e. The molecule has 4 unspecified atom stereocenters. The predicted molar refractivity (Wildman–Crippen MR) is 101 cm³/mol. The molecular weight excluding hydrogens is 268 g/mol. The van der Waals surface area contributed by atoms with Crippen molar-refractivity contribution in [2.45, 2.75) is 86.7 Å². The zero-order valence-corrected chi connectivity index (χ0v) is 16.7. The fourth-order valence-corrected chi connectivity index (χ4v) is 3.53. The molecule has 22 heavy (non-hydrogen) atoms. The van der Waals surface area contributed by atoms with Crippen molar-refractivity contribution in [3.05, 3.63) is 11.8 Å². The number of hydrogen-bond acceptors (Lipinski definition) is 2. The van der Waals surface area contributed by atoms with Crippen molar-refractivity contribution in [3.8, 4) is 0 Å². The van der Waals surface area contributed by atoms with Crippen LogP contribution in [0.3, 0.4) is 0 Å². The summed E-state index contributed by atoms with van der Waals surface area (Å²) in [4.78, 5) is 0. The van der Waals surface area contributed by atoms with E-state index in [0.717, 1.165) is 12.3 Å². The molecular formula is C20H42N2. The minimum Gasteiger partial charge on any atom is -0.384 e. The normalized spacial score (nSPS) is 18.4. The molecule has 0 saturated carbocycles. The van der Waals surface area contributed by atoms with Crippen LogP contribution in [0.1, 0.15) is 74.7 Å². The van der Waals surface area contributed by atoms with E-state index in [1.54, 1.807) is 0 Å². The zero-order valence-electron chi connectivity index (χ0n) is 16.7. The number of rotatable bonds is 11. The van der Waals surface area contributed by atoms with E-state index >= 15 is 0 Å². The molecule has 0 heterocycles. The van der Waals surface area contributed by atoms with Gasteiger partial charge in [-0.15, -0.1) is 0 Å². The van der Waals surface area contributed by atoms with Crippen LogP contribution in [0.4, 0.5) is 0 Å². The van der Waals surface area contributed by atoms with Crippen molar-refractivity contribution >= 4 is 0 Å². The first kappa shape index (κ1) is 21.5. The van der Waals surface area contributed by atoms with Gasteiger partial charge in [-0.2, -0.15) is 0 Å². The van der Waals surface area contributed by atoms with Crippen LogP contribution in [-0.2, 0) is 0 Å². The maximum absolute atomic E-state index is 3.94.